The summed E-state index contributed by atoms with van der Waals surface area (Å²) in [7, 11) is 0. The molecule has 0 aliphatic carbocycles. The Labute approximate surface area is 126 Å². The first-order valence-electron chi connectivity index (χ1n) is 6.58. The molecule has 106 valence electrons. The van der Waals surface area contributed by atoms with E-state index in [9.17, 15) is 4.79 Å². The lowest BCUT2D eigenvalue weighted by molar-refractivity contribution is 0.0929. The third-order valence-corrected chi connectivity index (χ3v) is 3.07. The third kappa shape index (κ3) is 2.86. The monoisotopic (exact) mass is 289 g/mol. The zero-order chi connectivity index (χ0) is 15.4. The Morgan fingerprint density at radius 2 is 1.95 bits per heavy atom. The van der Waals surface area contributed by atoms with Gasteiger partial charge in [-0.3, -0.25) is 4.79 Å². The van der Waals surface area contributed by atoms with Crippen molar-refractivity contribution in [1.82, 2.24) is 5.43 Å². The maximum absolute atomic E-state index is 11.9. The van der Waals surface area contributed by atoms with Crippen molar-refractivity contribution in [2.24, 2.45) is 5.10 Å². The lowest BCUT2D eigenvalue weighted by Gasteiger charge is -1.95. The van der Waals surface area contributed by atoms with Crippen LogP contribution in [0.2, 0.25) is 0 Å². The minimum Gasteiger partial charge on any atom is -0.451 e. The number of nitrogens with one attached hydrogen (secondary N) is 1. The van der Waals surface area contributed by atoms with Crippen molar-refractivity contribution in [1.29, 1.82) is 5.26 Å². The van der Waals surface area contributed by atoms with E-state index >= 15 is 0 Å². The molecular weight excluding hydrogens is 278 g/mol. The van der Waals surface area contributed by atoms with Gasteiger partial charge in [0.05, 0.1) is 17.8 Å². The van der Waals surface area contributed by atoms with E-state index in [4.69, 9.17) is 9.68 Å². The summed E-state index contributed by atoms with van der Waals surface area (Å²) in [5.41, 5.74) is 4.42. The van der Waals surface area contributed by atoms with Crippen LogP contribution >= 0.6 is 0 Å². The molecule has 0 fully saturated rings. The highest BCUT2D eigenvalue weighted by Crippen LogP contribution is 2.18. The molecule has 1 amide bonds. The number of carbonyl (C=O) groups is 1. The quantitative estimate of drug-likeness (QED) is 0.594. The second kappa shape index (κ2) is 5.94. The standard InChI is InChI=1S/C17H11N3O2/c18-10-12-5-7-13(8-6-12)11-19-20-17(21)16-9-14-3-1-2-4-15(14)22-16/h1-9,11H,(H,20,21)/b19-11-. The number of fused-ring (bicyclic) bond motifs is 1. The van der Waals surface area contributed by atoms with Crippen molar-refractivity contribution < 1.29 is 9.21 Å². The number of nitrogens with zero attached hydrogens (tertiary/aromatic N) is 2. The molecule has 0 spiro atoms. The van der Waals surface area contributed by atoms with Gasteiger partial charge in [0, 0.05) is 5.39 Å². The lowest BCUT2D eigenvalue weighted by atomic mass is 10.2. The van der Waals surface area contributed by atoms with Crippen molar-refractivity contribution in [2.75, 3.05) is 0 Å². The van der Waals surface area contributed by atoms with Gasteiger partial charge in [-0.2, -0.15) is 10.4 Å². The van der Waals surface area contributed by atoms with E-state index in [1.165, 1.54) is 6.21 Å². The number of nitriles is 1. The summed E-state index contributed by atoms with van der Waals surface area (Å²) in [5, 5.41) is 13.5. The van der Waals surface area contributed by atoms with Crippen LogP contribution in [-0.4, -0.2) is 12.1 Å². The number of hydrogen-bond donors (Lipinski definition) is 1. The molecule has 0 saturated carbocycles. The van der Waals surface area contributed by atoms with Gasteiger partial charge in [0.15, 0.2) is 5.76 Å². The summed E-state index contributed by atoms with van der Waals surface area (Å²) >= 11 is 0. The highest BCUT2D eigenvalue weighted by Gasteiger charge is 2.10. The molecule has 0 aliphatic rings. The smallest absolute Gasteiger partial charge is 0.307 e. The molecule has 3 aromatic rings. The van der Waals surface area contributed by atoms with Gasteiger partial charge in [-0.25, -0.2) is 5.43 Å². The normalized spacial score (nSPS) is 10.7. The fourth-order valence-corrected chi connectivity index (χ4v) is 1.96. The minimum atomic E-state index is -0.416. The van der Waals surface area contributed by atoms with Gasteiger partial charge in [-0.15, -0.1) is 0 Å². The SMILES string of the molecule is N#Cc1ccc(/C=N\NC(=O)c2cc3ccccc3o2)cc1. The van der Waals surface area contributed by atoms with E-state index in [0.717, 1.165) is 10.9 Å². The van der Waals surface area contributed by atoms with Gasteiger partial charge in [-0.1, -0.05) is 30.3 Å². The Bertz CT molecular complexity index is 853. The van der Waals surface area contributed by atoms with Crippen LogP contribution in [0.25, 0.3) is 11.0 Å². The molecule has 1 heterocycles. The molecular formula is C17H11N3O2. The molecule has 2 aromatic carbocycles. The molecule has 1 N–H and O–H groups in total. The van der Waals surface area contributed by atoms with Crippen LogP contribution < -0.4 is 5.43 Å². The zero-order valence-corrected chi connectivity index (χ0v) is 11.5. The Morgan fingerprint density at radius 1 is 1.18 bits per heavy atom. The van der Waals surface area contributed by atoms with Gasteiger partial charge in [0.25, 0.3) is 0 Å². The fraction of sp³-hybridized carbons (Fsp3) is 0. The first kappa shape index (κ1) is 13.6. The van der Waals surface area contributed by atoms with Crippen LogP contribution in [0.4, 0.5) is 0 Å². The average Bonchev–Trinajstić information content (AvgIpc) is 2.99. The second-order valence-electron chi connectivity index (χ2n) is 4.58. The van der Waals surface area contributed by atoms with Crippen LogP contribution in [0.3, 0.4) is 0 Å². The number of furan rings is 1. The second-order valence-corrected chi connectivity index (χ2v) is 4.58. The Balaban J connectivity index is 1.68. The first-order chi connectivity index (χ1) is 10.8. The molecule has 3 rings (SSSR count). The van der Waals surface area contributed by atoms with E-state index in [0.29, 0.717) is 11.1 Å². The van der Waals surface area contributed by atoms with E-state index in [2.05, 4.69) is 10.5 Å². The fourth-order valence-electron chi connectivity index (χ4n) is 1.96. The van der Waals surface area contributed by atoms with E-state index < -0.39 is 5.91 Å². The third-order valence-electron chi connectivity index (χ3n) is 3.07. The predicted molar refractivity (Wildman–Crippen MR) is 82.4 cm³/mol. The van der Waals surface area contributed by atoms with Crippen molar-refractivity contribution in [3.63, 3.8) is 0 Å². The lowest BCUT2D eigenvalue weighted by Crippen LogP contribution is -2.16. The van der Waals surface area contributed by atoms with Crippen LogP contribution in [0.5, 0.6) is 0 Å². The van der Waals surface area contributed by atoms with Gasteiger partial charge in [-0.05, 0) is 29.8 Å². The van der Waals surface area contributed by atoms with Gasteiger partial charge in [0.2, 0.25) is 0 Å². The van der Waals surface area contributed by atoms with Crippen molar-refractivity contribution in [3.05, 3.63) is 71.5 Å². The number of para-hydroxylation sites is 1. The topological polar surface area (TPSA) is 78.4 Å². The molecule has 0 saturated heterocycles. The number of hydrogen-bond acceptors (Lipinski definition) is 4. The number of amides is 1. The van der Waals surface area contributed by atoms with Crippen LogP contribution in [0, 0.1) is 11.3 Å². The van der Waals surface area contributed by atoms with Crippen molar-refractivity contribution in [2.45, 2.75) is 0 Å². The molecule has 0 bridgehead atoms. The Morgan fingerprint density at radius 3 is 2.68 bits per heavy atom. The Kier molecular flexibility index (Phi) is 3.67. The molecule has 5 heteroatoms. The molecule has 0 radical (unpaired) electrons. The summed E-state index contributed by atoms with van der Waals surface area (Å²) in [6.45, 7) is 0. The number of hydrazone groups is 1. The Hall–Kier alpha value is -3.39. The summed E-state index contributed by atoms with van der Waals surface area (Å²) in [4.78, 5) is 11.9. The maximum Gasteiger partial charge on any atom is 0.307 e. The van der Waals surface area contributed by atoms with Gasteiger partial charge in [0.1, 0.15) is 5.58 Å². The van der Waals surface area contributed by atoms with Crippen LogP contribution in [0.15, 0.2) is 64.1 Å². The molecule has 22 heavy (non-hydrogen) atoms. The van der Waals surface area contributed by atoms with Crippen molar-refractivity contribution in [3.8, 4) is 6.07 Å². The number of rotatable bonds is 3. The summed E-state index contributed by atoms with van der Waals surface area (Å²) in [6, 6.07) is 18.0. The summed E-state index contributed by atoms with van der Waals surface area (Å²) < 4.78 is 5.44. The van der Waals surface area contributed by atoms with Crippen LogP contribution in [-0.2, 0) is 0 Å². The molecule has 1 aromatic heterocycles. The molecule has 5 nitrogen and oxygen atoms in total. The highest BCUT2D eigenvalue weighted by molar-refractivity contribution is 5.96. The highest BCUT2D eigenvalue weighted by atomic mass is 16.3. The van der Waals surface area contributed by atoms with Crippen molar-refractivity contribution >= 4 is 23.1 Å². The van der Waals surface area contributed by atoms with Gasteiger partial charge >= 0.3 is 5.91 Å². The van der Waals surface area contributed by atoms with E-state index in [-0.39, 0.29) is 5.76 Å². The van der Waals surface area contributed by atoms with Gasteiger partial charge < -0.3 is 4.42 Å². The first-order valence-corrected chi connectivity index (χ1v) is 6.58. The molecule has 0 aliphatic heterocycles. The zero-order valence-electron chi connectivity index (χ0n) is 11.5. The summed E-state index contributed by atoms with van der Waals surface area (Å²) in [5.74, 6) is -0.209. The molecule has 0 unspecified atom stereocenters. The average molecular weight is 289 g/mol. The molecule has 0 atom stereocenters. The summed E-state index contributed by atoms with van der Waals surface area (Å²) in [6.07, 6.45) is 1.50. The van der Waals surface area contributed by atoms with E-state index in [1.807, 2.05) is 24.3 Å². The largest absolute Gasteiger partial charge is 0.451 e. The number of benzene rings is 2. The van der Waals surface area contributed by atoms with Crippen LogP contribution in [0.1, 0.15) is 21.7 Å². The minimum absolute atomic E-state index is 0.207. The maximum atomic E-state index is 11.9. The number of carbonyl (C=O) groups excluding carboxylic acids is 1. The van der Waals surface area contributed by atoms with E-state index in [1.54, 1.807) is 36.4 Å². The predicted octanol–water partition coefficient (Wildman–Crippen LogP) is 3.07.